The number of thiazole rings is 1. The SMILES string of the molecule is CCC(CNC(=O)NCc1scnc1C)C(=O)O. The molecule has 1 aromatic rings. The minimum absolute atomic E-state index is 0.138. The molecular weight excluding hydrogens is 254 g/mol. The highest BCUT2D eigenvalue weighted by Crippen LogP contribution is 2.10. The molecule has 0 saturated carbocycles. The average Bonchev–Trinajstić information content (AvgIpc) is 2.72. The summed E-state index contributed by atoms with van der Waals surface area (Å²) in [6, 6.07) is -0.359. The van der Waals surface area contributed by atoms with Gasteiger partial charge in [-0.1, -0.05) is 6.92 Å². The van der Waals surface area contributed by atoms with Crippen molar-refractivity contribution in [2.45, 2.75) is 26.8 Å². The second-order valence-corrected chi connectivity index (χ2v) is 4.81. The van der Waals surface area contributed by atoms with Crippen molar-refractivity contribution in [2.75, 3.05) is 6.54 Å². The van der Waals surface area contributed by atoms with Crippen LogP contribution in [-0.2, 0) is 11.3 Å². The number of aliphatic carboxylic acids is 1. The maximum absolute atomic E-state index is 11.5. The fraction of sp³-hybridized carbons (Fsp3) is 0.545. The van der Waals surface area contributed by atoms with E-state index in [1.165, 1.54) is 11.3 Å². The summed E-state index contributed by atoms with van der Waals surface area (Å²) >= 11 is 1.48. The molecule has 1 heterocycles. The number of aromatic nitrogens is 1. The topological polar surface area (TPSA) is 91.3 Å². The van der Waals surface area contributed by atoms with Crippen LogP contribution in [-0.4, -0.2) is 28.6 Å². The van der Waals surface area contributed by atoms with Gasteiger partial charge in [-0.25, -0.2) is 9.78 Å². The van der Waals surface area contributed by atoms with Crippen molar-refractivity contribution in [3.8, 4) is 0 Å². The Kier molecular flexibility index (Phi) is 5.57. The molecule has 3 N–H and O–H groups in total. The molecule has 0 spiro atoms. The zero-order valence-corrected chi connectivity index (χ0v) is 11.2. The first-order chi connectivity index (χ1) is 8.54. The Labute approximate surface area is 109 Å². The van der Waals surface area contributed by atoms with Crippen LogP contribution in [0.1, 0.15) is 23.9 Å². The van der Waals surface area contributed by atoms with Gasteiger partial charge in [-0.05, 0) is 13.3 Å². The molecule has 0 aliphatic carbocycles. The van der Waals surface area contributed by atoms with E-state index in [4.69, 9.17) is 5.11 Å². The Bertz CT molecular complexity index is 419. The zero-order valence-electron chi connectivity index (χ0n) is 10.4. The number of urea groups is 1. The summed E-state index contributed by atoms with van der Waals surface area (Å²) in [5.41, 5.74) is 2.62. The van der Waals surface area contributed by atoms with Gasteiger partial charge in [-0.3, -0.25) is 4.79 Å². The van der Waals surface area contributed by atoms with Gasteiger partial charge in [-0.15, -0.1) is 11.3 Å². The average molecular weight is 271 g/mol. The largest absolute Gasteiger partial charge is 0.481 e. The third-order valence-electron chi connectivity index (χ3n) is 2.61. The molecule has 100 valence electrons. The molecule has 1 atom stereocenters. The van der Waals surface area contributed by atoms with Gasteiger partial charge < -0.3 is 15.7 Å². The highest BCUT2D eigenvalue weighted by atomic mass is 32.1. The van der Waals surface area contributed by atoms with Crippen LogP contribution in [0.15, 0.2) is 5.51 Å². The van der Waals surface area contributed by atoms with E-state index in [9.17, 15) is 9.59 Å². The van der Waals surface area contributed by atoms with Gasteiger partial charge in [0.2, 0.25) is 0 Å². The fourth-order valence-corrected chi connectivity index (χ4v) is 2.06. The van der Waals surface area contributed by atoms with Gasteiger partial charge in [0.15, 0.2) is 0 Å². The minimum Gasteiger partial charge on any atom is -0.481 e. The third kappa shape index (κ3) is 4.33. The number of nitrogens with zero attached hydrogens (tertiary/aromatic N) is 1. The van der Waals surface area contributed by atoms with Crippen molar-refractivity contribution in [1.29, 1.82) is 0 Å². The number of hydrogen-bond donors (Lipinski definition) is 3. The number of hydrogen-bond acceptors (Lipinski definition) is 4. The molecule has 1 unspecified atom stereocenters. The van der Waals surface area contributed by atoms with E-state index < -0.39 is 11.9 Å². The van der Waals surface area contributed by atoms with Crippen LogP contribution in [0.3, 0.4) is 0 Å². The first kappa shape index (κ1) is 14.4. The summed E-state index contributed by atoms with van der Waals surface area (Å²) < 4.78 is 0. The monoisotopic (exact) mass is 271 g/mol. The van der Waals surface area contributed by atoms with Crippen molar-refractivity contribution >= 4 is 23.3 Å². The summed E-state index contributed by atoms with van der Waals surface area (Å²) in [5, 5.41) is 14.0. The van der Waals surface area contributed by atoms with E-state index in [-0.39, 0.29) is 12.6 Å². The Morgan fingerprint density at radius 3 is 2.72 bits per heavy atom. The normalized spacial score (nSPS) is 11.9. The third-order valence-corrected chi connectivity index (χ3v) is 3.54. The standard InChI is InChI=1S/C11H17N3O3S/c1-3-8(10(15)16)4-12-11(17)13-5-9-7(2)14-6-18-9/h6,8H,3-5H2,1-2H3,(H,15,16)(H2,12,13,17). The van der Waals surface area contributed by atoms with Crippen molar-refractivity contribution in [1.82, 2.24) is 15.6 Å². The second-order valence-electron chi connectivity index (χ2n) is 3.87. The number of rotatable bonds is 6. The number of carboxylic acid groups (broad SMARTS) is 1. The lowest BCUT2D eigenvalue weighted by Gasteiger charge is -2.11. The quantitative estimate of drug-likeness (QED) is 0.728. The van der Waals surface area contributed by atoms with E-state index >= 15 is 0 Å². The molecule has 0 aromatic carbocycles. The molecular formula is C11H17N3O3S. The lowest BCUT2D eigenvalue weighted by atomic mass is 10.1. The van der Waals surface area contributed by atoms with Gasteiger partial charge in [0.25, 0.3) is 0 Å². The molecule has 1 aromatic heterocycles. The number of aryl methyl sites for hydroxylation is 1. The molecule has 0 saturated heterocycles. The molecule has 1 rings (SSSR count). The van der Waals surface area contributed by atoms with E-state index in [1.54, 1.807) is 12.4 Å². The van der Waals surface area contributed by atoms with Crippen molar-refractivity contribution < 1.29 is 14.7 Å². The summed E-state index contributed by atoms with van der Waals surface area (Å²) in [4.78, 5) is 27.3. The van der Waals surface area contributed by atoms with Gasteiger partial charge in [0.1, 0.15) is 0 Å². The molecule has 0 bridgehead atoms. The fourth-order valence-electron chi connectivity index (χ4n) is 1.34. The first-order valence-corrected chi connectivity index (χ1v) is 6.56. The molecule has 0 aliphatic heterocycles. The van der Waals surface area contributed by atoms with Gasteiger partial charge >= 0.3 is 12.0 Å². The highest BCUT2D eigenvalue weighted by Gasteiger charge is 2.15. The smallest absolute Gasteiger partial charge is 0.315 e. The van der Waals surface area contributed by atoms with Crippen LogP contribution >= 0.6 is 11.3 Å². The van der Waals surface area contributed by atoms with Crippen LogP contribution in [0, 0.1) is 12.8 Å². The summed E-state index contributed by atoms with van der Waals surface area (Å²) in [7, 11) is 0. The summed E-state index contributed by atoms with van der Waals surface area (Å²) in [5.74, 6) is -1.43. The Morgan fingerprint density at radius 2 is 2.22 bits per heavy atom. The van der Waals surface area contributed by atoms with E-state index in [0.29, 0.717) is 13.0 Å². The van der Waals surface area contributed by atoms with E-state index in [1.807, 2.05) is 6.92 Å². The molecule has 18 heavy (non-hydrogen) atoms. The van der Waals surface area contributed by atoms with E-state index in [0.717, 1.165) is 10.6 Å². The zero-order chi connectivity index (χ0) is 13.5. The molecule has 0 radical (unpaired) electrons. The van der Waals surface area contributed by atoms with Gasteiger partial charge in [0.05, 0.1) is 23.7 Å². The van der Waals surface area contributed by atoms with Crippen molar-refractivity contribution in [3.05, 3.63) is 16.1 Å². The van der Waals surface area contributed by atoms with Crippen LogP contribution in [0.5, 0.6) is 0 Å². The number of amides is 2. The van der Waals surface area contributed by atoms with Crippen LogP contribution in [0.4, 0.5) is 4.79 Å². The molecule has 2 amide bonds. The predicted molar refractivity (Wildman–Crippen MR) is 68.5 cm³/mol. The molecule has 0 fully saturated rings. The lowest BCUT2D eigenvalue weighted by molar-refractivity contribution is -0.141. The van der Waals surface area contributed by atoms with Crippen LogP contribution in [0.25, 0.3) is 0 Å². The highest BCUT2D eigenvalue weighted by molar-refractivity contribution is 7.09. The van der Waals surface area contributed by atoms with Crippen molar-refractivity contribution in [3.63, 3.8) is 0 Å². The minimum atomic E-state index is -0.892. The van der Waals surface area contributed by atoms with Crippen molar-refractivity contribution in [2.24, 2.45) is 5.92 Å². The number of carbonyl (C=O) groups is 2. The number of carboxylic acids is 1. The molecule has 7 heteroatoms. The Morgan fingerprint density at radius 1 is 1.50 bits per heavy atom. The molecule has 6 nitrogen and oxygen atoms in total. The van der Waals surface area contributed by atoms with E-state index in [2.05, 4.69) is 15.6 Å². The summed E-state index contributed by atoms with van der Waals surface area (Å²) in [6.45, 7) is 4.20. The van der Waals surface area contributed by atoms with Gasteiger partial charge in [-0.2, -0.15) is 0 Å². The predicted octanol–water partition coefficient (Wildman–Crippen LogP) is 1.36. The maximum atomic E-state index is 11.5. The molecule has 0 aliphatic rings. The Balaban J connectivity index is 2.30. The number of nitrogens with one attached hydrogen (secondary N) is 2. The summed E-state index contributed by atoms with van der Waals surface area (Å²) in [6.07, 6.45) is 0.490. The Hall–Kier alpha value is -1.63. The van der Waals surface area contributed by atoms with Gasteiger partial charge in [0, 0.05) is 11.4 Å². The maximum Gasteiger partial charge on any atom is 0.315 e. The first-order valence-electron chi connectivity index (χ1n) is 5.68. The van der Waals surface area contributed by atoms with Crippen LogP contribution in [0.2, 0.25) is 0 Å². The van der Waals surface area contributed by atoms with Crippen LogP contribution < -0.4 is 10.6 Å². The lowest BCUT2D eigenvalue weighted by Crippen LogP contribution is -2.39. The second kappa shape index (κ2) is 6.95. The number of carbonyl (C=O) groups excluding carboxylic acids is 1.